The molecule has 0 bridgehead atoms. The third-order valence-electron chi connectivity index (χ3n) is 13.2. The summed E-state index contributed by atoms with van der Waals surface area (Å²) in [7, 11) is 0. The second kappa shape index (κ2) is 8.97. The highest BCUT2D eigenvalue weighted by Crippen LogP contribution is 2.72. The third kappa shape index (κ3) is 3.97. The zero-order valence-corrected chi connectivity index (χ0v) is 25.1. The maximum absolute atomic E-state index is 14.0. The molecular weight excluding hydrogens is 464 g/mol. The first kappa shape index (κ1) is 26.6. The minimum absolute atomic E-state index is 0.0816. The Labute approximate surface area is 232 Å². The third-order valence-corrected chi connectivity index (χ3v) is 13.2. The van der Waals surface area contributed by atoms with Crippen molar-refractivity contribution in [3.05, 3.63) is 47.5 Å². The van der Waals surface area contributed by atoms with Crippen LogP contribution in [0.3, 0.4) is 0 Å². The number of allylic oxidation sites excluding steroid dienone is 2. The number of ether oxygens (including phenoxy) is 1. The fourth-order valence-electron chi connectivity index (χ4n) is 11.2. The van der Waals surface area contributed by atoms with Crippen LogP contribution in [0.4, 0.5) is 0 Å². The van der Waals surface area contributed by atoms with E-state index in [2.05, 4.69) is 59.8 Å². The maximum Gasteiger partial charge on any atom is 0.313 e. The Morgan fingerprint density at radius 3 is 2.34 bits per heavy atom. The van der Waals surface area contributed by atoms with Crippen molar-refractivity contribution in [3.8, 4) is 0 Å². The Morgan fingerprint density at radius 1 is 0.816 bits per heavy atom. The molecule has 0 saturated heterocycles. The molecule has 0 heterocycles. The van der Waals surface area contributed by atoms with Crippen LogP contribution in [0.15, 0.2) is 42.0 Å². The van der Waals surface area contributed by atoms with Gasteiger partial charge in [0.15, 0.2) is 0 Å². The lowest BCUT2D eigenvalue weighted by Gasteiger charge is -2.67. The molecule has 7 unspecified atom stereocenters. The molecule has 2 heteroatoms. The molecule has 0 N–H and O–H groups in total. The Balaban J connectivity index is 1.33. The number of carbonyl (C=O) groups excluding carboxylic acids is 1. The highest BCUT2D eigenvalue weighted by molar-refractivity contribution is 5.78. The molecule has 0 radical (unpaired) electrons. The number of hydrogen-bond donors (Lipinski definition) is 0. The van der Waals surface area contributed by atoms with Gasteiger partial charge in [-0.2, -0.15) is 0 Å². The number of rotatable bonds is 3. The normalized spacial score (nSPS) is 42.9. The van der Waals surface area contributed by atoms with E-state index >= 15 is 0 Å². The van der Waals surface area contributed by atoms with Crippen molar-refractivity contribution in [2.75, 3.05) is 0 Å². The summed E-state index contributed by atoms with van der Waals surface area (Å²) in [6.07, 6.45) is 16.3. The second-order valence-corrected chi connectivity index (χ2v) is 16.2. The monoisotopic (exact) mass is 516 g/mol. The minimum Gasteiger partial charge on any atom is -0.460 e. The molecule has 38 heavy (non-hydrogen) atoms. The van der Waals surface area contributed by atoms with Gasteiger partial charge >= 0.3 is 5.97 Å². The molecule has 5 aliphatic rings. The topological polar surface area (TPSA) is 26.3 Å². The van der Waals surface area contributed by atoms with E-state index in [0.717, 1.165) is 43.1 Å². The van der Waals surface area contributed by atoms with Gasteiger partial charge in [-0.15, -0.1) is 0 Å². The van der Waals surface area contributed by atoms with Crippen LogP contribution >= 0.6 is 0 Å². The Bertz CT molecular complexity index is 1100. The van der Waals surface area contributed by atoms with Gasteiger partial charge in [-0.3, -0.25) is 4.79 Å². The van der Waals surface area contributed by atoms with Crippen LogP contribution in [0, 0.1) is 50.7 Å². The van der Waals surface area contributed by atoms with Gasteiger partial charge in [0.25, 0.3) is 0 Å². The summed E-state index contributed by atoms with van der Waals surface area (Å²) < 4.78 is 6.15. The van der Waals surface area contributed by atoms with E-state index in [1.807, 2.05) is 18.2 Å². The van der Waals surface area contributed by atoms with E-state index in [0.29, 0.717) is 34.7 Å². The second-order valence-electron chi connectivity index (χ2n) is 16.2. The molecule has 0 spiro atoms. The van der Waals surface area contributed by atoms with Crippen molar-refractivity contribution in [3.63, 3.8) is 0 Å². The fourth-order valence-corrected chi connectivity index (χ4v) is 11.2. The summed E-state index contributed by atoms with van der Waals surface area (Å²) in [6, 6.07) is 10.2. The van der Waals surface area contributed by atoms with Gasteiger partial charge in [0.05, 0.1) is 5.41 Å². The van der Waals surface area contributed by atoms with E-state index in [4.69, 9.17) is 4.74 Å². The first-order valence-corrected chi connectivity index (χ1v) is 15.8. The minimum atomic E-state index is -0.330. The lowest BCUT2D eigenvalue weighted by molar-refractivity contribution is -0.176. The van der Waals surface area contributed by atoms with Crippen molar-refractivity contribution in [2.24, 2.45) is 50.7 Å². The molecule has 7 atom stereocenters. The zero-order chi connectivity index (χ0) is 27.0. The molecule has 0 aliphatic heterocycles. The Kier molecular flexibility index (Phi) is 6.29. The lowest BCUT2D eigenvalue weighted by Crippen LogP contribution is -2.60. The van der Waals surface area contributed by atoms with Crippen LogP contribution in [-0.4, -0.2) is 5.97 Å². The zero-order valence-electron chi connectivity index (χ0n) is 25.1. The van der Waals surface area contributed by atoms with Crippen molar-refractivity contribution in [2.45, 2.75) is 119 Å². The molecule has 2 nitrogen and oxygen atoms in total. The van der Waals surface area contributed by atoms with Crippen molar-refractivity contribution in [1.29, 1.82) is 0 Å². The average molecular weight is 517 g/mol. The number of benzene rings is 1. The Hall–Kier alpha value is -1.57. The first-order valence-electron chi connectivity index (χ1n) is 15.8. The number of hydrogen-bond acceptors (Lipinski definition) is 2. The van der Waals surface area contributed by atoms with Gasteiger partial charge < -0.3 is 4.74 Å². The quantitative estimate of drug-likeness (QED) is 0.295. The van der Waals surface area contributed by atoms with E-state index in [9.17, 15) is 4.79 Å². The smallest absolute Gasteiger partial charge is 0.313 e. The number of carbonyl (C=O) groups is 1. The van der Waals surface area contributed by atoms with E-state index in [1.165, 1.54) is 44.9 Å². The SMILES string of the molecule is CC1(C)CCC2(C(=O)OCc3ccccc3)CCC3C(=CCC4C3(C)CCC3C(C)(C)CCCC34C)C2C1. The summed E-state index contributed by atoms with van der Waals surface area (Å²) in [4.78, 5) is 14.0. The molecule has 208 valence electrons. The number of esters is 1. The first-order chi connectivity index (χ1) is 17.9. The summed E-state index contributed by atoms with van der Waals surface area (Å²) in [5.41, 5.74) is 3.99. The number of fused-ring (bicyclic) bond motifs is 7. The van der Waals surface area contributed by atoms with Gasteiger partial charge in [-0.25, -0.2) is 0 Å². The molecule has 0 amide bonds. The predicted molar refractivity (Wildman–Crippen MR) is 155 cm³/mol. The van der Waals surface area contributed by atoms with Gasteiger partial charge in [-0.1, -0.05) is 89.9 Å². The highest BCUT2D eigenvalue weighted by Gasteiger charge is 2.65. The summed E-state index contributed by atoms with van der Waals surface area (Å²) >= 11 is 0. The van der Waals surface area contributed by atoms with Crippen LogP contribution < -0.4 is 0 Å². The van der Waals surface area contributed by atoms with Crippen LogP contribution in [0.5, 0.6) is 0 Å². The van der Waals surface area contributed by atoms with Crippen LogP contribution in [0.2, 0.25) is 0 Å². The van der Waals surface area contributed by atoms with Gasteiger partial charge in [0.1, 0.15) is 6.61 Å². The Morgan fingerprint density at radius 2 is 1.58 bits per heavy atom. The van der Waals surface area contributed by atoms with E-state index in [-0.39, 0.29) is 16.8 Å². The van der Waals surface area contributed by atoms with Crippen molar-refractivity contribution < 1.29 is 9.53 Å². The standard InChI is InChI=1S/C36H52O2/c1-32(2)21-22-36(31(37)38-24-25-11-8-7-9-12-25)20-15-27-26(28(36)23-32)13-14-30-34(27,5)19-16-29-33(3,4)17-10-18-35(29,30)6/h7-9,11-13,27-30H,10,14-24H2,1-6H3. The molecule has 1 aromatic rings. The summed E-state index contributed by atoms with van der Waals surface area (Å²) in [5.74, 6) is 2.69. The largest absolute Gasteiger partial charge is 0.460 e. The van der Waals surface area contributed by atoms with Gasteiger partial charge in [0.2, 0.25) is 0 Å². The average Bonchev–Trinajstić information content (AvgIpc) is 2.86. The molecule has 4 saturated carbocycles. The van der Waals surface area contributed by atoms with Gasteiger partial charge in [-0.05, 0) is 115 Å². The van der Waals surface area contributed by atoms with E-state index in [1.54, 1.807) is 5.57 Å². The highest BCUT2D eigenvalue weighted by atomic mass is 16.5. The fraction of sp³-hybridized carbons (Fsp3) is 0.750. The molecule has 4 fully saturated rings. The van der Waals surface area contributed by atoms with Gasteiger partial charge in [0, 0.05) is 0 Å². The molecule has 0 aromatic heterocycles. The van der Waals surface area contributed by atoms with E-state index < -0.39 is 0 Å². The van der Waals surface area contributed by atoms with Crippen LogP contribution in [-0.2, 0) is 16.1 Å². The molecule has 6 rings (SSSR count). The molecule has 5 aliphatic carbocycles. The van der Waals surface area contributed by atoms with Crippen LogP contribution in [0.1, 0.15) is 118 Å². The molecule has 1 aromatic carbocycles. The van der Waals surface area contributed by atoms with Crippen molar-refractivity contribution in [1.82, 2.24) is 0 Å². The maximum atomic E-state index is 14.0. The molecular formula is C36H52O2. The predicted octanol–water partition coefficient (Wildman–Crippen LogP) is 9.53. The van der Waals surface area contributed by atoms with Crippen LogP contribution in [0.25, 0.3) is 0 Å². The summed E-state index contributed by atoms with van der Waals surface area (Å²) in [6.45, 7) is 15.7. The lowest BCUT2D eigenvalue weighted by atomic mass is 9.37. The van der Waals surface area contributed by atoms with Crippen molar-refractivity contribution >= 4 is 5.97 Å². The summed E-state index contributed by atoms with van der Waals surface area (Å²) in [5, 5.41) is 0.